The zero-order valence-electron chi connectivity index (χ0n) is 33.8. The van der Waals surface area contributed by atoms with Crippen molar-refractivity contribution in [3.8, 4) is 46.5 Å². The zero-order chi connectivity index (χ0) is 42.9. The highest BCUT2D eigenvalue weighted by molar-refractivity contribution is 5.93. The van der Waals surface area contributed by atoms with Crippen LogP contribution in [0.5, 0.6) is 0 Å². The van der Waals surface area contributed by atoms with Gasteiger partial charge < -0.3 is 41.3 Å². The van der Waals surface area contributed by atoms with Crippen LogP contribution in [0.1, 0.15) is 71.6 Å². The van der Waals surface area contributed by atoms with Crippen LogP contribution in [0.2, 0.25) is 0 Å². The molecule has 4 fully saturated rings. The SMILES string of the molecule is C[C@@H]1CCN1c1cc(C(N)=O)nc(-c2cccc(C#C[C@]3(O)CCN(C)C3=O)c2)n1.C[C@H]1CCN1c1cc(C(N)=O)nc(-c2cccc(C#C[C@]3(O)CCN(C)C3=O)c2)n1. The molecule has 4 aromatic rings. The van der Waals surface area contributed by atoms with Crippen LogP contribution in [0, 0.1) is 23.7 Å². The molecular formula is C44H46N10O6. The number of likely N-dealkylation sites (tertiary alicyclic amines) is 2. The van der Waals surface area contributed by atoms with E-state index in [-0.39, 0.29) is 24.2 Å². The lowest BCUT2D eigenvalue weighted by molar-refractivity contribution is -0.138. The summed E-state index contributed by atoms with van der Waals surface area (Å²) in [6, 6.07) is 18.2. The van der Waals surface area contributed by atoms with Crippen LogP contribution < -0.4 is 21.3 Å². The molecule has 4 saturated heterocycles. The molecule has 16 nitrogen and oxygen atoms in total. The van der Waals surface area contributed by atoms with E-state index in [0.717, 1.165) is 25.9 Å². The monoisotopic (exact) mass is 810 g/mol. The number of aliphatic hydroxyl groups is 2. The molecule has 0 unspecified atom stereocenters. The minimum absolute atomic E-state index is 0.152. The summed E-state index contributed by atoms with van der Waals surface area (Å²) in [5, 5.41) is 21.0. The largest absolute Gasteiger partial charge is 0.369 e. The molecule has 0 saturated carbocycles. The van der Waals surface area contributed by atoms with Crippen molar-refractivity contribution in [2.45, 2.75) is 62.8 Å². The van der Waals surface area contributed by atoms with Crippen molar-refractivity contribution >= 4 is 35.3 Å². The molecule has 0 radical (unpaired) electrons. The van der Waals surface area contributed by atoms with Crippen LogP contribution in [-0.4, -0.2) is 127 Å². The first-order valence-corrected chi connectivity index (χ1v) is 19.7. The Hall–Kier alpha value is -6.88. The molecule has 4 aliphatic heterocycles. The topological polar surface area (TPSA) is 225 Å². The summed E-state index contributed by atoms with van der Waals surface area (Å²) in [6.07, 6.45) is 2.67. The molecule has 4 amide bonds. The molecule has 8 rings (SSSR count). The summed E-state index contributed by atoms with van der Waals surface area (Å²) in [7, 11) is 3.28. The van der Waals surface area contributed by atoms with E-state index in [1.807, 2.05) is 12.1 Å². The number of aromatic nitrogens is 4. The van der Waals surface area contributed by atoms with Crippen molar-refractivity contribution in [3.05, 3.63) is 83.2 Å². The first-order valence-electron chi connectivity index (χ1n) is 19.7. The molecule has 60 heavy (non-hydrogen) atoms. The highest BCUT2D eigenvalue weighted by Crippen LogP contribution is 2.30. The minimum Gasteiger partial charge on any atom is -0.369 e. The van der Waals surface area contributed by atoms with E-state index in [9.17, 15) is 29.4 Å². The van der Waals surface area contributed by atoms with Crippen LogP contribution in [-0.2, 0) is 9.59 Å². The van der Waals surface area contributed by atoms with E-state index in [2.05, 4.69) is 67.3 Å². The van der Waals surface area contributed by atoms with E-state index in [1.165, 1.54) is 9.80 Å². The number of nitrogens with zero attached hydrogens (tertiary/aromatic N) is 8. The van der Waals surface area contributed by atoms with E-state index in [4.69, 9.17) is 11.5 Å². The Labute approximate surface area is 347 Å². The normalized spacial score (nSPS) is 23.0. The van der Waals surface area contributed by atoms with Gasteiger partial charge in [0.05, 0.1) is 0 Å². The fraction of sp³-hybridized carbons (Fsp3) is 0.364. The molecule has 6 heterocycles. The fourth-order valence-corrected chi connectivity index (χ4v) is 7.15. The number of rotatable bonds is 6. The third-order valence-electron chi connectivity index (χ3n) is 11.2. The number of primary amides is 2. The number of benzene rings is 2. The summed E-state index contributed by atoms with van der Waals surface area (Å²) in [5.41, 5.74) is 10.5. The molecule has 2 aromatic heterocycles. The average Bonchev–Trinajstić information content (AvgIpc) is 3.65. The van der Waals surface area contributed by atoms with E-state index < -0.39 is 34.8 Å². The van der Waals surface area contributed by atoms with Gasteiger partial charge in [-0.2, -0.15) is 0 Å². The first kappa shape index (κ1) is 41.3. The summed E-state index contributed by atoms with van der Waals surface area (Å²) < 4.78 is 0. The molecule has 0 aliphatic carbocycles. The van der Waals surface area contributed by atoms with E-state index >= 15 is 0 Å². The third kappa shape index (κ3) is 8.47. The van der Waals surface area contributed by atoms with Gasteiger partial charge in [0.15, 0.2) is 11.6 Å². The highest BCUT2D eigenvalue weighted by atomic mass is 16.3. The van der Waals surface area contributed by atoms with Gasteiger partial charge in [-0.1, -0.05) is 47.9 Å². The van der Waals surface area contributed by atoms with Gasteiger partial charge in [0.1, 0.15) is 23.0 Å². The number of carbonyl (C=O) groups is 4. The van der Waals surface area contributed by atoms with E-state index in [0.29, 0.717) is 70.7 Å². The highest BCUT2D eigenvalue weighted by Gasteiger charge is 2.43. The van der Waals surface area contributed by atoms with Gasteiger partial charge in [-0.25, -0.2) is 19.9 Å². The van der Waals surface area contributed by atoms with Gasteiger partial charge >= 0.3 is 0 Å². The van der Waals surface area contributed by atoms with Crippen molar-refractivity contribution < 1.29 is 29.4 Å². The Morgan fingerprint density at radius 2 is 1.05 bits per heavy atom. The molecular weight excluding hydrogens is 765 g/mol. The van der Waals surface area contributed by atoms with Crippen molar-refractivity contribution in [1.29, 1.82) is 0 Å². The smallest absolute Gasteiger partial charge is 0.267 e. The summed E-state index contributed by atoms with van der Waals surface area (Å²) in [4.78, 5) is 72.8. The quantitative estimate of drug-likeness (QED) is 0.204. The predicted molar refractivity (Wildman–Crippen MR) is 223 cm³/mol. The predicted octanol–water partition coefficient (Wildman–Crippen LogP) is 1.57. The Morgan fingerprint density at radius 3 is 1.35 bits per heavy atom. The van der Waals surface area contributed by atoms with E-state index in [1.54, 1.807) is 62.6 Å². The lowest BCUT2D eigenvalue weighted by Crippen LogP contribution is -2.46. The summed E-state index contributed by atoms with van der Waals surface area (Å²) in [5.74, 6) is 11.3. The molecule has 16 heteroatoms. The van der Waals surface area contributed by atoms with Gasteiger partial charge in [0.2, 0.25) is 11.2 Å². The summed E-state index contributed by atoms with van der Waals surface area (Å²) >= 11 is 0. The number of carbonyl (C=O) groups excluding carboxylic acids is 4. The maximum absolute atomic E-state index is 12.1. The second-order valence-corrected chi connectivity index (χ2v) is 15.6. The minimum atomic E-state index is -1.66. The first-order chi connectivity index (χ1) is 28.5. The van der Waals surface area contributed by atoms with Crippen LogP contribution in [0.3, 0.4) is 0 Å². The lowest BCUT2D eigenvalue weighted by atomic mass is 10.0. The molecule has 0 spiro atoms. The molecule has 308 valence electrons. The molecule has 0 bridgehead atoms. The number of amides is 4. The van der Waals surface area contributed by atoms with Crippen molar-refractivity contribution in [1.82, 2.24) is 29.7 Å². The third-order valence-corrected chi connectivity index (χ3v) is 11.2. The van der Waals surface area contributed by atoms with Crippen LogP contribution >= 0.6 is 0 Å². The number of hydrogen-bond donors (Lipinski definition) is 4. The second-order valence-electron chi connectivity index (χ2n) is 15.6. The Bertz CT molecular complexity index is 2350. The van der Waals surface area contributed by atoms with Gasteiger partial charge in [0.25, 0.3) is 23.6 Å². The number of hydrogen-bond acceptors (Lipinski definition) is 12. The van der Waals surface area contributed by atoms with Gasteiger partial charge in [-0.05, 0) is 51.0 Å². The second kappa shape index (κ2) is 16.4. The Balaban J connectivity index is 0.000000181. The van der Waals surface area contributed by atoms with Gasteiger partial charge in [-0.15, -0.1) is 0 Å². The number of anilines is 2. The molecule has 4 aliphatic rings. The maximum atomic E-state index is 12.1. The van der Waals surface area contributed by atoms with Crippen molar-refractivity contribution in [2.75, 3.05) is 50.1 Å². The van der Waals surface area contributed by atoms with Crippen LogP contribution in [0.4, 0.5) is 11.6 Å². The standard InChI is InChI=1S/2C22H23N5O3/c2*1-14-7-10-27(14)18-13-17(19(23)28)24-20(25-18)16-5-3-4-15(12-16)6-8-22(30)9-11-26(2)21(22)29/h2*3-5,12-14,30H,7,9-11H2,1-2H3,(H2,23,28)/t14-,22+;14-,22-/m10/s1. The zero-order valence-corrected chi connectivity index (χ0v) is 33.8. The Morgan fingerprint density at radius 1 is 0.650 bits per heavy atom. The van der Waals surface area contributed by atoms with Crippen LogP contribution in [0.15, 0.2) is 60.7 Å². The van der Waals surface area contributed by atoms with Crippen molar-refractivity contribution in [3.63, 3.8) is 0 Å². The fourth-order valence-electron chi connectivity index (χ4n) is 7.15. The average molecular weight is 811 g/mol. The molecule has 6 N–H and O–H groups in total. The molecule has 4 atom stereocenters. The van der Waals surface area contributed by atoms with Crippen LogP contribution in [0.25, 0.3) is 22.8 Å². The number of nitrogens with two attached hydrogens (primary N) is 2. The number of likely N-dealkylation sites (N-methyl/N-ethyl adjacent to an activating group) is 2. The lowest BCUT2D eigenvalue weighted by Gasteiger charge is -2.39. The maximum Gasteiger partial charge on any atom is 0.267 e. The van der Waals surface area contributed by atoms with Gasteiger partial charge in [0, 0.05) is 99.6 Å². The van der Waals surface area contributed by atoms with Gasteiger partial charge in [-0.3, -0.25) is 19.2 Å². The summed E-state index contributed by atoms with van der Waals surface area (Å²) in [6.45, 7) is 6.85. The van der Waals surface area contributed by atoms with Crippen molar-refractivity contribution in [2.24, 2.45) is 11.5 Å². The molecule has 2 aromatic carbocycles. The Kier molecular flexibility index (Phi) is 11.3.